The highest BCUT2D eigenvalue weighted by molar-refractivity contribution is 5.71. The Labute approximate surface area is 101 Å². The van der Waals surface area contributed by atoms with Crippen LogP contribution in [0, 0.1) is 5.92 Å². The van der Waals surface area contributed by atoms with Crippen molar-refractivity contribution in [2.75, 3.05) is 13.7 Å². The number of aliphatic hydroxyl groups is 1. The van der Waals surface area contributed by atoms with E-state index in [1.807, 2.05) is 30.3 Å². The van der Waals surface area contributed by atoms with E-state index in [1.165, 1.54) is 0 Å². The van der Waals surface area contributed by atoms with Crippen LogP contribution < -0.4 is 5.32 Å². The van der Waals surface area contributed by atoms with Crippen molar-refractivity contribution in [2.24, 2.45) is 5.92 Å². The average molecular weight is 237 g/mol. The number of benzene rings is 1. The van der Waals surface area contributed by atoms with Gasteiger partial charge in [0, 0.05) is 12.6 Å². The van der Waals surface area contributed by atoms with E-state index in [9.17, 15) is 4.79 Å². The summed E-state index contributed by atoms with van der Waals surface area (Å²) in [4.78, 5) is 11.1. The predicted octanol–water partition coefficient (Wildman–Crippen LogP) is 0.900. The summed E-state index contributed by atoms with van der Waals surface area (Å²) in [5.41, 5.74) is 1.09. The molecule has 0 saturated heterocycles. The molecule has 0 aliphatic rings. The van der Waals surface area contributed by atoms with E-state index in [-0.39, 0.29) is 19.1 Å². The van der Waals surface area contributed by atoms with Gasteiger partial charge < -0.3 is 15.5 Å². The molecule has 0 fully saturated rings. The van der Waals surface area contributed by atoms with Crippen LogP contribution in [0.15, 0.2) is 30.3 Å². The molecule has 2 atom stereocenters. The Kier molecular flexibility index (Phi) is 5.66. The van der Waals surface area contributed by atoms with Crippen molar-refractivity contribution >= 4 is 5.97 Å². The quantitative estimate of drug-likeness (QED) is 0.659. The summed E-state index contributed by atoms with van der Waals surface area (Å²) < 4.78 is 0. The number of nitrogens with one attached hydrogen (secondary N) is 1. The van der Waals surface area contributed by atoms with Crippen molar-refractivity contribution in [2.45, 2.75) is 18.9 Å². The van der Waals surface area contributed by atoms with Gasteiger partial charge in [-0.15, -0.1) is 0 Å². The lowest BCUT2D eigenvalue weighted by Crippen LogP contribution is -2.40. The summed E-state index contributed by atoms with van der Waals surface area (Å²) in [6.07, 6.45) is 0.919. The van der Waals surface area contributed by atoms with Crippen LogP contribution in [0.25, 0.3) is 0 Å². The lowest BCUT2D eigenvalue weighted by Gasteiger charge is -2.23. The molecule has 1 aromatic rings. The number of aliphatic hydroxyl groups excluding tert-OH is 1. The smallest absolute Gasteiger partial charge is 0.308 e. The minimum absolute atomic E-state index is 0.107. The molecule has 2 unspecified atom stereocenters. The molecule has 0 spiro atoms. The maximum atomic E-state index is 11.1. The Bertz CT molecular complexity index is 340. The van der Waals surface area contributed by atoms with Crippen LogP contribution in [0.3, 0.4) is 0 Å². The largest absolute Gasteiger partial charge is 0.481 e. The van der Waals surface area contributed by atoms with Crippen molar-refractivity contribution in [3.63, 3.8) is 0 Å². The lowest BCUT2D eigenvalue weighted by molar-refractivity contribution is -0.143. The van der Waals surface area contributed by atoms with Gasteiger partial charge in [0.2, 0.25) is 0 Å². The van der Waals surface area contributed by atoms with Crippen LogP contribution in [0.2, 0.25) is 0 Å². The average Bonchev–Trinajstić information content (AvgIpc) is 2.34. The number of likely N-dealkylation sites (N-methyl/N-ethyl adjacent to an activating group) is 1. The molecule has 4 nitrogen and oxygen atoms in total. The number of hydrogen-bond donors (Lipinski definition) is 3. The summed E-state index contributed by atoms with van der Waals surface area (Å²) in [5, 5.41) is 21.1. The van der Waals surface area contributed by atoms with E-state index in [0.29, 0.717) is 6.42 Å². The number of aliphatic carboxylic acids is 1. The van der Waals surface area contributed by atoms with Gasteiger partial charge in [0.25, 0.3) is 0 Å². The maximum Gasteiger partial charge on any atom is 0.308 e. The number of carboxylic acids is 1. The second-order valence-electron chi connectivity index (χ2n) is 4.04. The van der Waals surface area contributed by atoms with Gasteiger partial charge in [0.15, 0.2) is 0 Å². The molecule has 0 aliphatic heterocycles. The van der Waals surface area contributed by atoms with Crippen molar-refractivity contribution in [1.82, 2.24) is 5.32 Å². The van der Waals surface area contributed by atoms with Gasteiger partial charge in [-0.2, -0.15) is 0 Å². The highest BCUT2D eigenvalue weighted by atomic mass is 16.4. The molecule has 1 rings (SSSR count). The highest BCUT2D eigenvalue weighted by Crippen LogP contribution is 2.14. The fraction of sp³-hybridized carbons (Fsp3) is 0.462. The molecule has 17 heavy (non-hydrogen) atoms. The molecule has 0 amide bonds. The lowest BCUT2D eigenvalue weighted by atomic mass is 9.91. The number of carbonyl (C=O) groups is 1. The Balaban J connectivity index is 2.72. The Hall–Kier alpha value is -1.39. The second kappa shape index (κ2) is 7.04. The first-order chi connectivity index (χ1) is 8.19. The third kappa shape index (κ3) is 4.17. The van der Waals surface area contributed by atoms with Crippen LogP contribution >= 0.6 is 0 Å². The minimum Gasteiger partial charge on any atom is -0.481 e. The molecule has 0 saturated carbocycles. The molecule has 0 radical (unpaired) electrons. The van der Waals surface area contributed by atoms with Gasteiger partial charge in [-0.25, -0.2) is 0 Å². The van der Waals surface area contributed by atoms with E-state index in [1.54, 1.807) is 7.05 Å². The summed E-state index contributed by atoms with van der Waals surface area (Å²) in [5.74, 6) is -1.43. The van der Waals surface area contributed by atoms with Gasteiger partial charge in [0.1, 0.15) is 0 Å². The molecule has 1 aromatic carbocycles. The van der Waals surface area contributed by atoms with Gasteiger partial charge >= 0.3 is 5.97 Å². The fourth-order valence-corrected chi connectivity index (χ4v) is 1.95. The third-order valence-electron chi connectivity index (χ3n) is 2.91. The monoisotopic (exact) mass is 237 g/mol. The Morgan fingerprint density at radius 2 is 2.00 bits per heavy atom. The molecular weight excluding hydrogens is 218 g/mol. The normalized spacial score (nSPS) is 14.2. The van der Waals surface area contributed by atoms with Crippen LogP contribution in [-0.2, 0) is 11.2 Å². The zero-order chi connectivity index (χ0) is 12.7. The fourth-order valence-electron chi connectivity index (χ4n) is 1.95. The summed E-state index contributed by atoms with van der Waals surface area (Å²) in [7, 11) is 1.75. The van der Waals surface area contributed by atoms with E-state index in [0.717, 1.165) is 5.56 Å². The van der Waals surface area contributed by atoms with Gasteiger partial charge in [0.05, 0.1) is 5.92 Å². The predicted molar refractivity (Wildman–Crippen MR) is 65.8 cm³/mol. The Morgan fingerprint density at radius 3 is 2.47 bits per heavy atom. The number of rotatable bonds is 7. The highest BCUT2D eigenvalue weighted by Gasteiger charge is 2.26. The van der Waals surface area contributed by atoms with Gasteiger partial charge in [-0.3, -0.25) is 4.79 Å². The van der Waals surface area contributed by atoms with Crippen molar-refractivity contribution in [3.05, 3.63) is 35.9 Å². The first-order valence-electron chi connectivity index (χ1n) is 5.74. The molecule has 4 heteroatoms. The van der Waals surface area contributed by atoms with Gasteiger partial charge in [-0.1, -0.05) is 30.3 Å². The maximum absolute atomic E-state index is 11.1. The van der Waals surface area contributed by atoms with Crippen molar-refractivity contribution in [1.29, 1.82) is 0 Å². The zero-order valence-electron chi connectivity index (χ0n) is 9.97. The topological polar surface area (TPSA) is 69.6 Å². The molecule has 0 heterocycles. The molecule has 0 aliphatic carbocycles. The summed E-state index contributed by atoms with van der Waals surface area (Å²) in [6.45, 7) is -0.107. The van der Waals surface area contributed by atoms with E-state index >= 15 is 0 Å². The number of carboxylic acid groups (broad SMARTS) is 1. The minimum atomic E-state index is -0.866. The van der Waals surface area contributed by atoms with Crippen molar-refractivity contribution < 1.29 is 15.0 Å². The van der Waals surface area contributed by atoms with E-state index < -0.39 is 11.9 Å². The van der Waals surface area contributed by atoms with Crippen molar-refractivity contribution in [3.8, 4) is 0 Å². The van der Waals surface area contributed by atoms with Gasteiger partial charge in [-0.05, 0) is 25.5 Å². The standard InChI is InChI=1S/C13H19NO3/c1-14-12(11(7-8-15)13(16)17)9-10-5-3-2-4-6-10/h2-6,11-12,14-15H,7-9H2,1H3,(H,16,17). The first-order valence-corrected chi connectivity index (χ1v) is 5.74. The summed E-state index contributed by atoms with van der Waals surface area (Å²) in [6, 6.07) is 9.58. The van der Waals surface area contributed by atoms with Crippen LogP contribution in [0.4, 0.5) is 0 Å². The number of hydrogen-bond acceptors (Lipinski definition) is 3. The molecule has 0 aromatic heterocycles. The SMILES string of the molecule is CNC(Cc1ccccc1)C(CCO)C(=O)O. The van der Waals surface area contributed by atoms with E-state index in [2.05, 4.69) is 5.32 Å². The van der Waals surface area contributed by atoms with E-state index in [4.69, 9.17) is 10.2 Å². The summed E-state index contributed by atoms with van der Waals surface area (Å²) >= 11 is 0. The zero-order valence-corrected chi connectivity index (χ0v) is 9.97. The van der Waals surface area contributed by atoms with Crippen LogP contribution in [0.5, 0.6) is 0 Å². The molecular formula is C13H19NO3. The Morgan fingerprint density at radius 1 is 1.35 bits per heavy atom. The van der Waals surface area contributed by atoms with Crippen LogP contribution in [0.1, 0.15) is 12.0 Å². The third-order valence-corrected chi connectivity index (χ3v) is 2.91. The second-order valence-corrected chi connectivity index (χ2v) is 4.04. The molecule has 0 bridgehead atoms. The van der Waals surface area contributed by atoms with Crippen LogP contribution in [-0.4, -0.2) is 35.9 Å². The molecule has 94 valence electrons. The first kappa shape index (κ1) is 13.7. The molecule has 3 N–H and O–H groups in total.